The molecule has 3 unspecified atom stereocenters. The van der Waals surface area contributed by atoms with E-state index in [0.29, 0.717) is 12.1 Å². The van der Waals surface area contributed by atoms with E-state index in [4.69, 9.17) is 4.74 Å². The molecule has 94 valence electrons. The summed E-state index contributed by atoms with van der Waals surface area (Å²) in [4.78, 5) is 2.59. The number of aliphatic hydroxyl groups is 1. The van der Waals surface area contributed by atoms with E-state index in [9.17, 15) is 5.11 Å². The van der Waals surface area contributed by atoms with E-state index in [1.54, 1.807) is 0 Å². The quantitative estimate of drug-likeness (QED) is 0.777. The Morgan fingerprint density at radius 3 is 3.12 bits per heavy atom. The van der Waals surface area contributed by atoms with Gasteiger partial charge in [-0.05, 0) is 45.1 Å². The summed E-state index contributed by atoms with van der Waals surface area (Å²) in [5.41, 5.74) is 0. The van der Waals surface area contributed by atoms with Crippen molar-refractivity contribution < 1.29 is 9.84 Å². The third-order valence-corrected chi connectivity index (χ3v) is 4.05. The molecule has 0 radical (unpaired) electrons. The third-order valence-electron chi connectivity index (χ3n) is 4.05. The second-order valence-corrected chi connectivity index (χ2v) is 5.15. The molecule has 0 amide bonds. The minimum absolute atomic E-state index is 0.0968. The molecule has 3 nitrogen and oxygen atoms in total. The highest BCUT2D eigenvalue weighted by Gasteiger charge is 2.35. The molecule has 1 N–H and O–H groups in total. The van der Waals surface area contributed by atoms with Gasteiger partial charge in [-0.3, -0.25) is 4.90 Å². The van der Waals surface area contributed by atoms with Gasteiger partial charge in [0.1, 0.15) is 0 Å². The normalized spacial score (nSPS) is 32.6. The van der Waals surface area contributed by atoms with Crippen LogP contribution in [0.2, 0.25) is 0 Å². The molecular formula is C13H25NO2. The van der Waals surface area contributed by atoms with E-state index in [-0.39, 0.29) is 6.10 Å². The van der Waals surface area contributed by atoms with Gasteiger partial charge in [-0.25, -0.2) is 0 Å². The molecule has 0 bridgehead atoms. The summed E-state index contributed by atoms with van der Waals surface area (Å²) < 4.78 is 5.79. The van der Waals surface area contributed by atoms with E-state index in [2.05, 4.69) is 4.90 Å². The van der Waals surface area contributed by atoms with E-state index in [1.165, 1.54) is 19.3 Å². The summed E-state index contributed by atoms with van der Waals surface area (Å²) in [5.74, 6) is 0. The average Bonchev–Trinajstić information content (AvgIpc) is 2.77. The van der Waals surface area contributed by atoms with Crippen molar-refractivity contribution in [2.24, 2.45) is 0 Å². The van der Waals surface area contributed by atoms with Crippen LogP contribution in [0.15, 0.2) is 0 Å². The van der Waals surface area contributed by atoms with E-state index < -0.39 is 0 Å². The largest absolute Gasteiger partial charge is 0.393 e. The van der Waals surface area contributed by atoms with Crippen LogP contribution in [0, 0.1) is 0 Å². The van der Waals surface area contributed by atoms with Gasteiger partial charge in [-0.15, -0.1) is 0 Å². The van der Waals surface area contributed by atoms with Crippen LogP contribution in [-0.4, -0.2) is 48.0 Å². The smallest absolute Gasteiger partial charge is 0.0730 e. The SMILES string of the molecule is CCC(O)CCCN1CCOC2CCCC21. The Morgan fingerprint density at radius 1 is 1.44 bits per heavy atom. The van der Waals surface area contributed by atoms with Gasteiger partial charge in [0, 0.05) is 12.6 Å². The Labute approximate surface area is 98.8 Å². The second kappa shape index (κ2) is 5.99. The molecule has 1 aliphatic heterocycles. The summed E-state index contributed by atoms with van der Waals surface area (Å²) in [5, 5.41) is 9.53. The molecule has 0 aromatic carbocycles. The number of fused-ring (bicyclic) bond motifs is 1. The lowest BCUT2D eigenvalue weighted by molar-refractivity contribution is -0.0565. The number of aliphatic hydroxyl groups excluding tert-OH is 1. The highest BCUT2D eigenvalue weighted by atomic mass is 16.5. The van der Waals surface area contributed by atoms with Crippen LogP contribution in [0.3, 0.4) is 0 Å². The van der Waals surface area contributed by atoms with Gasteiger partial charge in [-0.2, -0.15) is 0 Å². The number of ether oxygens (including phenoxy) is 1. The number of hydrogen-bond donors (Lipinski definition) is 1. The van der Waals surface area contributed by atoms with Crippen molar-refractivity contribution in [3.8, 4) is 0 Å². The van der Waals surface area contributed by atoms with Gasteiger partial charge in [-0.1, -0.05) is 6.92 Å². The molecule has 2 rings (SSSR count). The fourth-order valence-electron chi connectivity index (χ4n) is 3.02. The molecule has 1 saturated heterocycles. The average molecular weight is 227 g/mol. The van der Waals surface area contributed by atoms with Crippen LogP contribution in [0.4, 0.5) is 0 Å². The zero-order valence-electron chi connectivity index (χ0n) is 10.4. The lowest BCUT2D eigenvalue weighted by atomic mass is 10.1. The Morgan fingerprint density at radius 2 is 2.31 bits per heavy atom. The minimum atomic E-state index is -0.0968. The molecule has 1 heterocycles. The van der Waals surface area contributed by atoms with Crippen molar-refractivity contribution in [1.29, 1.82) is 0 Å². The summed E-state index contributed by atoms with van der Waals surface area (Å²) in [7, 11) is 0. The third kappa shape index (κ3) is 2.96. The Hall–Kier alpha value is -0.120. The lowest BCUT2D eigenvalue weighted by Gasteiger charge is -2.37. The minimum Gasteiger partial charge on any atom is -0.393 e. The Kier molecular flexibility index (Phi) is 4.62. The molecule has 3 heteroatoms. The Bertz CT molecular complexity index is 210. The van der Waals surface area contributed by atoms with Crippen molar-refractivity contribution in [1.82, 2.24) is 4.90 Å². The molecule has 0 spiro atoms. The van der Waals surface area contributed by atoms with Crippen molar-refractivity contribution in [2.75, 3.05) is 19.7 Å². The highest BCUT2D eigenvalue weighted by molar-refractivity contribution is 4.89. The van der Waals surface area contributed by atoms with Gasteiger partial charge >= 0.3 is 0 Å². The summed E-state index contributed by atoms with van der Waals surface area (Å²) in [6.07, 6.45) is 7.24. The van der Waals surface area contributed by atoms with Gasteiger partial charge in [0.05, 0.1) is 18.8 Å². The van der Waals surface area contributed by atoms with Crippen LogP contribution < -0.4 is 0 Å². The fraction of sp³-hybridized carbons (Fsp3) is 1.00. The predicted molar refractivity (Wildman–Crippen MR) is 64.5 cm³/mol. The number of nitrogens with zero attached hydrogens (tertiary/aromatic N) is 1. The fourth-order valence-corrected chi connectivity index (χ4v) is 3.02. The molecule has 2 fully saturated rings. The second-order valence-electron chi connectivity index (χ2n) is 5.15. The van der Waals surface area contributed by atoms with Crippen molar-refractivity contribution in [2.45, 2.75) is 63.7 Å². The van der Waals surface area contributed by atoms with Crippen molar-refractivity contribution in [3.05, 3.63) is 0 Å². The molecule has 3 atom stereocenters. The first-order valence-electron chi connectivity index (χ1n) is 6.85. The first-order valence-corrected chi connectivity index (χ1v) is 6.85. The monoisotopic (exact) mass is 227 g/mol. The molecule has 1 saturated carbocycles. The summed E-state index contributed by atoms with van der Waals surface area (Å²) >= 11 is 0. The summed E-state index contributed by atoms with van der Waals surface area (Å²) in [6, 6.07) is 0.674. The van der Waals surface area contributed by atoms with Crippen molar-refractivity contribution >= 4 is 0 Å². The van der Waals surface area contributed by atoms with Crippen LogP contribution in [0.1, 0.15) is 45.4 Å². The predicted octanol–water partition coefficient (Wildman–Crippen LogP) is 1.79. The summed E-state index contributed by atoms with van der Waals surface area (Å²) in [6.45, 7) is 5.18. The maximum absolute atomic E-state index is 9.53. The van der Waals surface area contributed by atoms with Gasteiger partial charge < -0.3 is 9.84 Å². The Balaban J connectivity index is 1.71. The van der Waals surface area contributed by atoms with E-state index in [0.717, 1.165) is 39.0 Å². The maximum Gasteiger partial charge on any atom is 0.0730 e. The van der Waals surface area contributed by atoms with Crippen LogP contribution in [-0.2, 0) is 4.74 Å². The molecule has 0 aromatic heterocycles. The van der Waals surface area contributed by atoms with Crippen LogP contribution in [0.5, 0.6) is 0 Å². The number of hydrogen-bond acceptors (Lipinski definition) is 3. The van der Waals surface area contributed by atoms with E-state index in [1.807, 2.05) is 6.92 Å². The first-order chi connectivity index (χ1) is 7.81. The van der Waals surface area contributed by atoms with Crippen LogP contribution in [0.25, 0.3) is 0 Å². The zero-order valence-corrected chi connectivity index (χ0v) is 10.4. The maximum atomic E-state index is 9.53. The van der Waals surface area contributed by atoms with Crippen molar-refractivity contribution in [3.63, 3.8) is 0 Å². The standard InChI is InChI=1S/C13H25NO2/c1-2-11(15)5-4-8-14-9-10-16-13-7-3-6-12(13)14/h11-13,15H,2-10H2,1H3. The topological polar surface area (TPSA) is 32.7 Å². The number of morpholine rings is 1. The molecule has 1 aliphatic carbocycles. The van der Waals surface area contributed by atoms with Crippen LogP contribution >= 0.6 is 0 Å². The lowest BCUT2D eigenvalue weighted by Crippen LogP contribution is -2.48. The number of rotatable bonds is 5. The molecule has 2 aliphatic rings. The van der Waals surface area contributed by atoms with Gasteiger partial charge in [0.25, 0.3) is 0 Å². The van der Waals surface area contributed by atoms with Gasteiger partial charge in [0.2, 0.25) is 0 Å². The van der Waals surface area contributed by atoms with Gasteiger partial charge in [0.15, 0.2) is 0 Å². The zero-order chi connectivity index (χ0) is 11.4. The highest BCUT2D eigenvalue weighted by Crippen LogP contribution is 2.29. The molecular weight excluding hydrogens is 202 g/mol. The van der Waals surface area contributed by atoms with E-state index >= 15 is 0 Å². The molecule has 0 aromatic rings. The molecule has 16 heavy (non-hydrogen) atoms. The first kappa shape index (κ1) is 12.3.